The second-order valence-corrected chi connectivity index (χ2v) is 9.78. The number of hydrogen-bond acceptors (Lipinski definition) is 7. The third kappa shape index (κ3) is 6.96. The number of amides is 2. The van der Waals surface area contributed by atoms with Gasteiger partial charge in [0.2, 0.25) is 23.4 Å². The maximum absolute atomic E-state index is 13.2. The van der Waals surface area contributed by atoms with Crippen molar-refractivity contribution in [1.29, 1.82) is 0 Å². The summed E-state index contributed by atoms with van der Waals surface area (Å²) in [5, 5.41) is 6.73. The second-order valence-electron chi connectivity index (χ2n) is 9.78. The molecule has 184 valence electrons. The number of morpholine rings is 1. The summed E-state index contributed by atoms with van der Waals surface area (Å²) >= 11 is 0. The van der Waals surface area contributed by atoms with Gasteiger partial charge in [-0.2, -0.15) is 4.98 Å². The lowest BCUT2D eigenvalue weighted by Gasteiger charge is -2.30. The SMILES string of the molecule is CCC(NC(=O)[C@@H](CC(=O)N1CCOCC1)CC(C)(C)C)C(=O)c1nc(-c2ccccc2)no1. The average molecular weight is 471 g/mol. The van der Waals surface area contributed by atoms with Crippen LogP contribution in [0, 0.1) is 11.3 Å². The van der Waals surface area contributed by atoms with Gasteiger partial charge in [0.1, 0.15) is 0 Å². The number of hydrogen-bond donors (Lipinski definition) is 1. The van der Waals surface area contributed by atoms with Crippen molar-refractivity contribution < 1.29 is 23.6 Å². The Labute approximate surface area is 200 Å². The zero-order valence-corrected chi connectivity index (χ0v) is 20.4. The fourth-order valence-corrected chi connectivity index (χ4v) is 3.97. The fraction of sp³-hybridized carbons (Fsp3) is 0.560. The van der Waals surface area contributed by atoms with Crippen molar-refractivity contribution in [2.45, 2.75) is 53.0 Å². The smallest absolute Gasteiger partial charge is 0.296 e. The number of ether oxygens (including phenoxy) is 1. The molecule has 0 spiro atoms. The zero-order valence-electron chi connectivity index (χ0n) is 20.4. The van der Waals surface area contributed by atoms with Crippen molar-refractivity contribution in [2.24, 2.45) is 11.3 Å². The van der Waals surface area contributed by atoms with E-state index < -0.39 is 17.7 Å². The summed E-state index contributed by atoms with van der Waals surface area (Å²) in [7, 11) is 0. The number of benzene rings is 1. The molecule has 1 N–H and O–H groups in total. The molecule has 1 fully saturated rings. The van der Waals surface area contributed by atoms with E-state index in [0.29, 0.717) is 45.0 Å². The first kappa shape index (κ1) is 25.6. The summed E-state index contributed by atoms with van der Waals surface area (Å²) in [6, 6.07) is 8.38. The van der Waals surface area contributed by atoms with Crippen LogP contribution in [0.3, 0.4) is 0 Å². The standard InChI is InChI=1S/C25H34N4O5/c1-5-19(21(31)24-27-22(28-34-24)17-9-7-6-8-10-17)26-23(32)18(16-25(2,3)4)15-20(30)29-11-13-33-14-12-29/h6-10,18-19H,5,11-16H2,1-4H3,(H,26,32)/t18-,19?/m0/s1. The zero-order chi connectivity index (χ0) is 24.7. The topological polar surface area (TPSA) is 115 Å². The lowest BCUT2D eigenvalue weighted by molar-refractivity contribution is -0.140. The van der Waals surface area contributed by atoms with Crippen LogP contribution in [0.4, 0.5) is 0 Å². The van der Waals surface area contributed by atoms with Gasteiger partial charge in [-0.05, 0) is 18.3 Å². The van der Waals surface area contributed by atoms with Crippen molar-refractivity contribution in [3.63, 3.8) is 0 Å². The van der Waals surface area contributed by atoms with Gasteiger partial charge < -0.3 is 19.5 Å². The van der Waals surface area contributed by atoms with Gasteiger partial charge in [-0.1, -0.05) is 63.2 Å². The van der Waals surface area contributed by atoms with E-state index in [1.54, 1.807) is 11.8 Å². The maximum Gasteiger partial charge on any atom is 0.296 e. The molecule has 0 aliphatic carbocycles. The third-order valence-electron chi connectivity index (χ3n) is 5.72. The number of ketones is 1. The minimum absolute atomic E-state index is 0.0727. The Morgan fingerprint density at radius 2 is 1.79 bits per heavy atom. The summed E-state index contributed by atoms with van der Waals surface area (Å²) < 4.78 is 10.5. The molecule has 1 aromatic carbocycles. The van der Waals surface area contributed by atoms with Gasteiger partial charge in [0.25, 0.3) is 5.89 Å². The number of carbonyl (C=O) groups excluding carboxylic acids is 3. The maximum atomic E-state index is 13.2. The Morgan fingerprint density at radius 1 is 1.12 bits per heavy atom. The van der Waals surface area contributed by atoms with Crippen LogP contribution in [0.1, 0.15) is 57.6 Å². The molecule has 1 aromatic heterocycles. The minimum atomic E-state index is -0.822. The van der Waals surface area contributed by atoms with Gasteiger partial charge in [-0.3, -0.25) is 14.4 Å². The monoisotopic (exact) mass is 470 g/mol. The molecule has 34 heavy (non-hydrogen) atoms. The fourth-order valence-electron chi connectivity index (χ4n) is 3.97. The largest absolute Gasteiger partial charge is 0.378 e. The molecule has 1 saturated heterocycles. The molecule has 2 heterocycles. The number of nitrogens with one attached hydrogen (secondary N) is 1. The van der Waals surface area contributed by atoms with Gasteiger partial charge in [0, 0.05) is 31.0 Å². The van der Waals surface area contributed by atoms with Crippen molar-refractivity contribution in [3.8, 4) is 11.4 Å². The predicted molar refractivity (Wildman–Crippen MR) is 126 cm³/mol. The van der Waals surface area contributed by atoms with Crippen molar-refractivity contribution in [1.82, 2.24) is 20.4 Å². The average Bonchev–Trinajstić information content (AvgIpc) is 3.32. The summed E-state index contributed by atoms with van der Waals surface area (Å²) in [5.74, 6) is -1.23. The molecular weight excluding hydrogens is 436 g/mol. The molecule has 1 unspecified atom stereocenters. The van der Waals surface area contributed by atoms with Crippen molar-refractivity contribution in [2.75, 3.05) is 26.3 Å². The second kappa shape index (κ2) is 11.4. The van der Waals surface area contributed by atoms with E-state index in [-0.39, 0.29) is 29.5 Å². The molecule has 2 aromatic rings. The van der Waals surface area contributed by atoms with E-state index >= 15 is 0 Å². The van der Waals surface area contributed by atoms with E-state index in [9.17, 15) is 14.4 Å². The minimum Gasteiger partial charge on any atom is -0.378 e. The lowest BCUT2D eigenvalue weighted by Crippen LogP contribution is -2.46. The van der Waals surface area contributed by atoms with E-state index in [2.05, 4.69) is 15.5 Å². The molecule has 3 rings (SSSR count). The van der Waals surface area contributed by atoms with Gasteiger partial charge in [0.05, 0.1) is 19.3 Å². The number of nitrogens with zero attached hydrogens (tertiary/aromatic N) is 3. The molecule has 1 aliphatic heterocycles. The Bertz CT molecular complexity index is 977. The Balaban J connectivity index is 1.69. The molecular formula is C25H34N4O5. The Kier molecular flexibility index (Phi) is 8.55. The van der Waals surface area contributed by atoms with Gasteiger partial charge in [-0.25, -0.2) is 0 Å². The molecule has 0 radical (unpaired) electrons. The van der Waals surface area contributed by atoms with Crippen LogP contribution in [0.2, 0.25) is 0 Å². The highest BCUT2D eigenvalue weighted by Gasteiger charge is 2.33. The Morgan fingerprint density at radius 3 is 2.41 bits per heavy atom. The van der Waals surface area contributed by atoms with Crippen LogP contribution in [0.15, 0.2) is 34.9 Å². The molecule has 0 saturated carbocycles. The van der Waals surface area contributed by atoms with E-state index in [4.69, 9.17) is 9.26 Å². The van der Waals surface area contributed by atoms with Gasteiger partial charge in [0.15, 0.2) is 0 Å². The molecule has 9 nitrogen and oxygen atoms in total. The first-order valence-corrected chi connectivity index (χ1v) is 11.8. The van der Waals surface area contributed by atoms with Crippen molar-refractivity contribution >= 4 is 17.6 Å². The number of Topliss-reactive ketones (excluding diaryl/α,β-unsaturated/α-hetero) is 1. The summed E-state index contributed by atoms with van der Waals surface area (Å²) in [6.45, 7) is 9.94. The molecule has 0 bridgehead atoms. The lowest BCUT2D eigenvalue weighted by atomic mass is 9.82. The highest BCUT2D eigenvalue weighted by Crippen LogP contribution is 2.27. The highest BCUT2D eigenvalue weighted by molar-refractivity contribution is 5.99. The van der Waals surface area contributed by atoms with E-state index in [1.165, 1.54) is 0 Å². The van der Waals surface area contributed by atoms with Crippen LogP contribution >= 0.6 is 0 Å². The molecule has 9 heteroatoms. The van der Waals surface area contributed by atoms with Gasteiger partial charge >= 0.3 is 0 Å². The molecule has 2 amide bonds. The summed E-state index contributed by atoms with van der Waals surface area (Å²) in [6.07, 6.45) is 0.956. The summed E-state index contributed by atoms with van der Waals surface area (Å²) in [4.78, 5) is 45.1. The molecule has 2 atom stereocenters. The van der Waals surface area contributed by atoms with Gasteiger partial charge in [-0.15, -0.1) is 0 Å². The van der Waals surface area contributed by atoms with Crippen LogP contribution < -0.4 is 5.32 Å². The normalized spacial score (nSPS) is 16.1. The molecule has 1 aliphatic rings. The van der Waals surface area contributed by atoms with E-state index in [1.807, 2.05) is 51.1 Å². The highest BCUT2D eigenvalue weighted by atomic mass is 16.5. The van der Waals surface area contributed by atoms with Crippen molar-refractivity contribution in [3.05, 3.63) is 36.2 Å². The number of carbonyl (C=O) groups is 3. The quantitative estimate of drug-likeness (QED) is 0.560. The third-order valence-corrected chi connectivity index (χ3v) is 5.72. The first-order valence-electron chi connectivity index (χ1n) is 11.8. The summed E-state index contributed by atoms with van der Waals surface area (Å²) in [5.41, 5.74) is 0.560. The van der Waals surface area contributed by atoms with Crippen LogP contribution in [0.5, 0.6) is 0 Å². The number of aromatic nitrogens is 2. The predicted octanol–water partition coefficient (Wildman–Crippen LogP) is 3.12. The number of rotatable bonds is 9. The first-order chi connectivity index (χ1) is 16.2. The van der Waals surface area contributed by atoms with Crippen LogP contribution in [0.25, 0.3) is 11.4 Å². The Hall–Kier alpha value is -3.07. The van der Waals surface area contributed by atoms with E-state index in [0.717, 1.165) is 5.56 Å². The van der Waals surface area contributed by atoms with Crippen LogP contribution in [-0.2, 0) is 14.3 Å². The van der Waals surface area contributed by atoms with Crippen LogP contribution in [-0.4, -0.2) is 65.0 Å².